The minimum Gasteiger partial charge on any atom is -0.294 e. The average molecular weight is 286 g/mol. The number of carbonyl (C=O) groups excluding carboxylic acids is 1. The number of benzene rings is 1. The molecule has 0 fully saturated rings. The molecule has 0 radical (unpaired) electrons. The second-order valence-corrected chi connectivity index (χ2v) is 5.37. The predicted octanol–water partition coefficient (Wildman–Crippen LogP) is 4.18. The normalized spacial score (nSPS) is 10.5. The fourth-order valence-corrected chi connectivity index (χ4v) is 2.46. The van der Waals surface area contributed by atoms with E-state index in [-0.39, 0.29) is 5.78 Å². The smallest absolute Gasteiger partial charge is 0.169 e. The van der Waals surface area contributed by atoms with Crippen molar-refractivity contribution in [2.45, 2.75) is 13.3 Å². The van der Waals surface area contributed by atoms with Gasteiger partial charge in [-0.2, -0.15) is 0 Å². The second-order valence-electron chi connectivity index (χ2n) is 3.61. The number of Topliss-reactive ketones (excluding diaryl/α,β-unsaturated/α-hetero) is 1. The molecular weight excluding hydrogens is 277 g/mol. The summed E-state index contributed by atoms with van der Waals surface area (Å²) in [5.41, 5.74) is 1.50. The highest BCUT2D eigenvalue weighted by molar-refractivity contribution is 7.09. The molecule has 88 valence electrons. The molecule has 0 aliphatic rings. The molecule has 0 atom stereocenters. The molecule has 2 nitrogen and oxygen atoms in total. The van der Waals surface area contributed by atoms with Crippen LogP contribution in [0.15, 0.2) is 23.6 Å². The number of rotatable bonds is 3. The van der Waals surface area contributed by atoms with Crippen molar-refractivity contribution in [2.24, 2.45) is 0 Å². The Bertz CT molecular complexity index is 565. The van der Waals surface area contributed by atoms with Gasteiger partial charge in [-0.15, -0.1) is 11.3 Å². The van der Waals surface area contributed by atoms with Crippen molar-refractivity contribution < 1.29 is 4.79 Å². The zero-order chi connectivity index (χ0) is 12.4. The molecule has 0 bridgehead atoms. The number of ketones is 1. The van der Waals surface area contributed by atoms with Gasteiger partial charge in [0.05, 0.1) is 16.5 Å². The lowest BCUT2D eigenvalue weighted by Crippen LogP contribution is -2.03. The highest BCUT2D eigenvalue weighted by atomic mass is 35.5. The quantitative estimate of drug-likeness (QED) is 0.792. The van der Waals surface area contributed by atoms with Crippen LogP contribution in [-0.4, -0.2) is 10.8 Å². The zero-order valence-corrected chi connectivity index (χ0v) is 11.4. The van der Waals surface area contributed by atoms with E-state index in [1.54, 1.807) is 18.2 Å². The first-order valence-corrected chi connectivity index (χ1v) is 6.59. The molecule has 0 saturated heterocycles. The lowest BCUT2D eigenvalue weighted by atomic mass is 10.1. The highest BCUT2D eigenvalue weighted by Gasteiger charge is 2.11. The molecule has 2 rings (SSSR count). The van der Waals surface area contributed by atoms with Gasteiger partial charge in [-0.25, -0.2) is 4.98 Å². The van der Waals surface area contributed by atoms with Gasteiger partial charge in [-0.05, 0) is 25.1 Å². The number of hydrogen-bond acceptors (Lipinski definition) is 3. The first kappa shape index (κ1) is 12.6. The van der Waals surface area contributed by atoms with Crippen LogP contribution in [0.3, 0.4) is 0 Å². The van der Waals surface area contributed by atoms with E-state index in [4.69, 9.17) is 23.2 Å². The third-order valence-corrected chi connectivity index (χ3v) is 3.93. The van der Waals surface area contributed by atoms with Crippen LogP contribution >= 0.6 is 34.5 Å². The first-order valence-electron chi connectivity index (χ1n) is 4.95. The van der Waals surface area contributed by atoms with Crippen LogP contribution in [0.2, 0.25) is 10.0 Å². The average Bonchev–Trinajstić information content (AvgIpc) is 2.68. The summed E-state index contributed by atoms with van der Waals surface area (Å²) in [6.07, 6.45) is 0.302. The molecule has 0 spiro atoms. The van der Waals surface area contributed by atoms with E-state index in [0.29, 0.717) is 22.0 Å². The standard InChI is InChI=1S/C12H9Cl2NOS/c1-7-6-17-12(15-7)5-11(16)8-2-3-9(13)10(14)4-8/h2-4,6H,5H2,1H3. The summed E-state index contributed by atoms with van der Waals surface area (Å²) in [5, 5.41) is 3.59. The Hall–Kier alpha value is -0.900. The van der Waals surface area contributed by atoms with Crippen LogP contribution in [0.1, 0.15) is 21.1 Å². The molecule has 0 unspecified atom stereocenters. The van der Waals surface area contributed by atoms with Crippen molar-refractivity contribution in [2.75, 3.05) is 0 Å². The summed E-state index contributed by atoms with van der Waals surface area (Å²) in [4.78, 5) is 16.2. The van der Waals surface area contributed by atoms with Gasteiger partial charge >= 0.3 is 0 Å². The van der Waals surface area contributed by atoms with Crippen molar-refractivity contribution in [3.63, 3.8) is 0 Å². The van der Waals surface area contributed by atoms with Gasteiger partial charge in [-0.1, -0.05) is 23.2 Å². The van der Waals surface area contributed by atoms with Crippen LogP contribution in [0.4, 0.5) is 0 Å². The van der Waals surface area contributed by atoms with Gasteiger partial charge in [0, 0.05) is 16.6 Å². The molecule has 0 N–H and O–H groups in total. The molecule has 17 heavy (non-hydrogen) atoms. The molecule has 5 heteroatoms. The topological polar surface area (TPSA) is 30.0 Å². The summed E-state index contributed by atoms with van der Waals surface area (Å²) in [6, 6.07) is 4.90. The maximum absolute atomic E-state index is 12.0. The number of carbonyl (C=O) groups is 1. The number of thiazole rings is 1. The number of hydrogen-bond donors (Lipinski definition) is 0. The molecule has 0 aliphatic heterocycles. The van der Waals surface area contributed by atoms with Crippen LogP contribution in [0, 0.1) is 6.92 Å². The maximum atomic E-state index is 12.0. The highest BCUT2D eigenvalue weighted by Crippen LogP contribution is 2.23. The maximum Gasteiger partial charge on any atom is 0.169 e. The minimum absolute atomic E-state index is 0.00193. The van der Waals surface area contributed by atoms with Crippen molar-refractivity contribution in [1.29, 1.82) is 0 Å². The van der Waals surface area contributed by atoms with E-state index in [1.807, 2.05) is 12.3 Å². The fraction of sp³-hybridized carbons (Fsp3) is 0.167. The Morgan fingerprint density at radius 1 is 1.35 bits per heavy atom. The Morgan fingerprint density at radius 2 is 2.12 bits per heavy atom. The van der Waals surface area contributed by atoms with Crippen molar-refractivity contribution in [1.82, 2.24) is 4.98 Å². The third-order valence-electron chi connectivity index (χ3n) is 2.22. The van der Waals surface area contributed by atoms with E-state index in [9.17, 15) is 4.79 Å². The Labute approximate surface area is 113 Å². The monoisotopic (exact) mass is 285 g/mol. The van der Waals surface area contributed by atoms with Crippen molar-refractivity contribution >= 4 is 40.3 Å². The summed E-state index contributed by atoms with van der Waals surface area (Å²) < 4.78 is 0. The number of nitrogens with zero attached hydrogens (tertiary/aromatic N) is 1. The van der Waals surface area contributed by atoms with Crippen LogP contribution in [0.25, 0.3) is 0 Å². The number of aryl methyl sites for hydroxylation is 1. The molecule has 1 aromatic carbocycles. The summed E-state index contributed by atoms with van der Waals surface area (Å²) in [5.74, 6) is -0.00193. The molecule has 0 saturated carbocycles. The summed E-state index contributed by atoms with van der Waals surface area (Å²) in [7, 11) is 0. The largest absolute Gasteiger partial charge is 0.294 e. The van der Waals surface area contributed by atoms with Crippen molar-refractivity contribution in [3.8, 4) is 0 Å². The summed E-state index contributed by atoms with van der Waals surface area (Å²) in [6.45, 7) is 1.91. The second kappa shape index (κ2) is 5.17. The lowest BCUT2D eigenvalue weighted by molar-refractivity contribution is 0.0993. The van der Waals surface area contributed by atoms with E-state index in [2.05, 4.69) is 4.98 Å². The predicted molar refractivity (Wildman–Crippen MR) is 71.3 cm³/mol. The molecule has 1 aromatic heterocycles. The van der Waals surface area contributed by atoms with E-state index in [0.717, 1.165) is 10.7 Å². The van der Waals surface area contributed by atoms with Gasteiger partial charge in [-0.3, -0.25) is 4.79 Å². The molecular formula is C12H9Cl2NOS. The molecule has 1 heterocycles. The van der Waals surface area contributed by atoms with Crippen LogP contribution < -0.4 is 0 Å². The Morgan fingerprint density at radius 3 is 2.71 bits per heavy atom. The number of halogens is 2. The third kappa shape index (κ3) is 3.06. The van der Waals surface area contributed by atoms with Gasteiger partial charge < -0.3 is 0 Å². The van der Waals surface area contributed by atoms with Gasteiger partial charge in [0.2, 0.25) is 0 Å². The Kier molecular flexibility index (Phi) is 3.82. The van der Waals surface area contributed by atoms with E-state index < -0.39 is 0 Å². The molecule has 2 aromatic rings. The number of aromatic nitrogens is 1. The van der Waals surface area contributed by atoms with Gasteiger partial charge in [0.25, 0.3) is 0 Å². The molecule has 0 aliphatic carbocycles. The zero-order valence-electron chi connectivity index (χ0n) is 9.04. The lowest BCUT2D eigenvalue weighted by Gasteiger charge is -2.01. The Balaban J connectivity index is 2.17. The van der Waals surface area contributed by atoms with E-state index in [1.165, 1.54) is 11.3 Å². The first-order chi connectivity index (χ1) is 8.06. The van der Waals surface area contributed by atoms with Crippen molar-refractivity contribution in [3.05, 3.63) is 49.9 Å². The summed E-state index contributed by atoms with van der Waals surface area (Å²) >= 11 is 13.2. The van der Waals surface area contributed by atoms with Gasteiger partial charge in [0.1, 0.15) is 5.01 Å². The van der Waals surface area contributed by atoms with E-state index >= 15 is 0 Å². The van der Waals surface area contributed by atoms with Crippen LogP contribution in [-0.2, 0) is 6.42 Å². The molecule has 0 amide bonds. The van der Waals surface area contributed by atoms with Gasteiger partial charge in [0.15, 0.2) is 5.78 Å². The minimum atomic E-state index is -0.00193. The van der Waals surface area contributed by atoms with Crippen LogP contribution in [0.5, 0.6) is 0 Å². The fourth-order valence-electron chi connectivity index (χ4n) is 1.39. The SMILES string of the molecule is Cc1csc(CC(=O)c2ccc(Cl)c(Cl)c2)n1.